The zero-order valence-electron chi connectivity index (χ0n) is 12.0. The summed E-state index contributed by atoms with van der Waals surface area (Å²) in [6, 6.07) is 16.1. The lowest BCUT2D eigenvalue weighted by atomic mass is 10.1. The molecule has 0 aliphatic heterocycles. The van der Waals surface area contributed by atoms with E-state index in [1.165, 1.54) is 19.2 Å². The molecule has 1 amide bonds. The van der Waals surface area contributed by atoms with E-state index in [9.17, 15) is 9.18 Å². The molecular weight excluding hydrogens is 269 g/mol. The Labute approximate surface area is 124 Å². The van der Waals surface area contributed by atoms with Gasteiger partial charge in [-0.05, 0) is 29.7 Å². The Morgan fingerprint density at radius 3 is 2.48 bits per heavy atom. The van der Waals surface area contributed by atoms with E-state index in [2.05, 4.69) is 0 Å². The van der Waals surface area contributed by atoms with E-state index < -0.39 is 0 Å². The highest BCUT2D eigenvalue weighted by molar-refractivity contribution is 5.67. The molecule has 0 saturated heterocycles. The van der Waals surface area contributed by atoms with Gasteiger partial charge < -0.3 is 9.64 Å². The minimum atomic E-state index is -0.379. The normalized spacial score (nSPS) is 10.2. The molecule has 0 bridgehead atoms. The molecular formula is C17H18FNO2. The number of hydrogen-bond donors (Lipinski definition) is 0. The third-order valence-electron chi connectivity index (χ3n) is 3.21. The van der Waals surface area contributed by atoms with Crippen molar-refractivity contribution in [3.05, 3.63) is 71.5 Å². The maximum Gasteiger partial charge on any atom is 0.409 e. The standard InChI is InChI=1S/C17H18FNO2/c1-21-17(20)19(13-15-6-3-2-4-7-15)11-10-14-8-5-9-16(18)12-14/h2-9,12H,10-11,13H2,1H3. The molecule has 110 valence electrons. The van der Waals surface area contributed by atoms with Crippen molar-refractivity contribution in [3.8, 4) is 0 Å². The molecule has 0 aliphatic carbocycles. The van der Waals surface area contributed by atoms with Crippen molar-refractivity contribution in [2.75, 3.05) is 13.7 Å². The maximum atomic E-state index is 13.2. The lowest BCUT2D eigenvalue weighted by Gasteiger charge is -2.21. The predicted octanol–water partition coefficient (Wildman–Crippen LogP) is 3.64. The van der Waals surface area contributed by atoms with E-state index in [1.54, 1.807) is 11.0 Å². The van der Waals surface area contributed by atoms with Crippen molar-refractivity contribution in [1.29, 1.82) is 0 Å². The lowest BCUT2D eigenvalue weighted by Crippen LogP contribution is -2.32. The first kappa shape index (κ1) is 15.0. The summed E-state index contributed by atoms with van der Waals surface area (Å²) in [6.45, 7) is 0.952. The van der Waals surface area contributed by atoms with Crippen LogP contribution in [-0.4, -0.2) is 24.6 Å². The summed E-state index contributed by atoms with van der Waals surface area (Å²) in [4.78, 5) is 13.4. The van der Waals surface area contributed by atoms with Crippen LogP contribution in [0.25, 0.3) is 0 Å². The van der Waals surface area contributed by atoms with Crippen LogP contribution < -0.4 is 0 Å². The third-order valence-corrected chi connectivity index (χ3v) is 3.21. The summed E-state index contributed by atoms with van der Waals surface area (Å²) in [7, 11) is 1.36. The number of amides is 1. The molecule has 0 N–H and O–H groups in total. The van der Waals surface area contributed by atoms with Gasteiger partial charge in [0.1, 0.15) is 5.82 Å². The Hall–Kier alpha value is -2.36. The van der Waals surface area contributed by atoms with Crippen molar-refractivity contribution in [1.82, 2.24) is 4.90 Å². The highest BCUT2D eigenvalue weighted by atomic mass is 19.1. The first-order valence-corrected chi connectivity index (χ1v) is 6.80. The molecule has 4 heteroatoms. The van der Waals surface area contributed by atoms with Gasteiger partial charge in [-0.2, -0.15) is 0 Å². The van der Waals surface area contributed by atoms with Crippen LogP contribution in [0, 0.1) is 5.82 Å². The first-order chi connectivity index (χ1) is 10.2. The number of carbonyl (C=O) groups excluding carboxylic acids is 1. The molecule has 0 heterocycles. The first-order valence-electron chi connectivity index (χ1n) is 6.80. The fourth-order valence-corrected chi connectivity index (χ4v) is 2.12. The van der Waals surface area contributed by atoms with Gasteiger partial charge >= 0.3 is 6.09 Å². The van der Waals surface area contributed by atoms with Crippen LogP contribution in [0.3, 0.4) is 0 Å². The van der Waals surface area contributed by atoms with E-state index in [1.807, 2.05) is 36.4 Å². The zero-order chi connectivity index (χ0) is 15.1. The summed E-state index contributed by atoms with van der Waals surface area (Å²) in [5, 5.41) is 0. The molecule has 0 fully saturated rings. The number of methoxy groups -OCH3 is 1. The monoisotopic (exact) mass is 287 g/mol. The molecule has 2 rings (SSSR count). The molecule has 0 spiro atoms. The molecule has 21 heavy (non-hydrogen) atoms. The summed E-state index contributed by atoms with van der Waals surface area (Å²) in [5.41, 5.74) is 1.89. The summed E-state index contributed by atoms with van der Waals surface area (Å²) in [6.07, 6.45) is 0.204. The number of benzene rings is 2. The van der Waals surface area contributed by atoms with Crippen molar-refractivity contribution >= 4 is 6.09 Å². The number of rotatable bonds is 5. The lowest BCUT2D eigenvalue weighted by molar-refractivity contribution is 0.121. The molecule has 0 unspecified atom stereocenters. The zero-order valence-corrected chi connectivity index (χ0v) is 12.0. The predicted molar refractivity (Wildman–Crippen MR) is 79.4 cm³/mol. The summed E-state index contributed by atoms with van der Waals surface area (Å²) >= 11 is 0. The minimum absolute atomic E-state index is 0.264. The minimum Gasteiger partial charge on any atom is -0.453 e. The van der Waals surface area contributed by atoms with Gasteiger partial charge in [-0.15, -0.1) is 0 Å². The largest absolute Gasteiger partial charge is 0.453 e. The van der Waals surface area contributed by atoms with Crippen LogP contribution in [0.5, 0.6) is 0 Å². The van der Waals surface area contributed by atoms with E-state index in [0.717, 1.165) is 11.1 Å². The Morgan fingerprint density at radius 2 is 1.81 bits per heavy atom. The number of halogens is 1. The van der Waals surface area contributed by atoms with E-state index >= 15 is 0 Å². The molecule has 2 aromatic carbocycles. The smallest absolute Gasteiger partial charge is 0.409 e. The second-order valence-corrected chi connectivity index (χ2v) is 4.76. The van der Waals surface area contributed by atoms with Crippen LogP contribution in [0.1, 0.15) is 11.1 Å². The van der Waals surface area contributed by atoms with Gasteiger partial charge in [0.25, 0.3) is 0 Å². The number of hydrogen-bond acceptors (Lipinski definition) is 2. The molecule has 0 saturated carbocycles. The average molecular weight is 287 g/mol. The van der Waals surface area contributed by atoms with Crippen LogP contribution in [0.15, 0.2) is 54.6 Å². The van der Waals surface area contributed by atoms with Gasteiger partial charge in [0.2, 0.25) is 0 Å². The van der Waals surface area contributed by atoms with Gasteiger partial charge in [0.05, 0.1) is 7.11 Å². The summed E-state index contributed by atoms with van der Waals surface area (Å²) in [5.74, 6) is -0.264. The number of carbonyl (C=O) groups is 1. The highest BCUT2D eigenvalue weighted by Crippen LogP contribution is 2.09. The van der Waals surface area contributed by atoms with Crippen LogP contribution in [0.2, 0.25) is 0 Å². The van der Waals surface area contributed by atoms with Crippen LogP contribution in [0.4, 0.5) is 9.18 Å². The Balaban J connectivity index is 2.01. The van der Waals surface area contributed by atoms with Crippen LogP contribution in [-0.2, 0) is 17.7 Å². The molecule has 0 aromatic heterocycles. The van der Waals surface area contributed by atoms with Gasteiger partial charge in [0, 0.05) is 13.1 Å². The number of ether oxygens (including phenoxy) is 1. The fourth-order valence-electron chi connectivity index (χ4n) is 2.12. The number of nitrogens with zero attached hydrogens (tertiary/aromatic N) is 1. The second kappa shape index (κ2) is 7.43. The molecule has 0 atom stereocenters. The maximum absolute atomic E-state index is 13.2. The topological polar surface area (TPSA) is 29.5 Å². The molecule has 2 aromatic rings. The van der Waals surface area contributed by atoms with Crippen molar-refractivity contribution in [2.24, 2.45) is 0 Å². The molecule has 3 nitrogen and oxygen atoms in total. The second-order valence-electron chi connectivity index (χ2n) is 4.76. The highest BCUT2D eigenvalue weighted by Gasteiger charge is 2.14. The summed E-state index contributed by atoms with van der Waals surface area (Å²) < 4.78 is 18.0. The van der Waals surface area contributed by atoms with E-state index in [4.69, 9.17) is 4.74 Å². The Morgan fingerprint density at radius 1 is 1.10 bits per heavy atom. The average Bonchev–Trinajstić information content (AvgIpc) is 2.51. The van der Waals surface area contributed by atoms with E-state index in [0.29, 0.717) is 19.5 Å². The van der Waals surface area contributed by atoms with Gasteiger partial charge in [-0.3, -0.25) is 0 Å². The van der Waals surface area contributed by atoms with Crippen molar-refractivity contribution in [2.45, 2.75) is 13.0 Å². The van der Waals surface area contributed by atoms with E-state index in [-0.39, 0.29) is 11.9 Å². The Kier molecular flexibility index (Phi) is 5.32. The quantitative estimate of drug-likeness (QED) is 0.840. The van der Waals surface area contributed by atoms with Crippen molar-refractivity contribution in [3.63, 3.8) is 0 Å². The van der Waals surface area contributed by atoms with Crippen molar-refractivity contribution < 1.29 is 13.9 Å². The molecule has 0 radical (unpaired) electrons. The van der Waals surface area contributed by atoms with Crippen LogP contribution >= 0.6 is 0 Å². The fraction of sp³-hybridized carbons (Fsp3) is 0.235. The van der Waals surface area contributed by atoms with Gasteiger partial charge in [-0.1, -0.05) is 42.5 Å². The third kappa shape index (κ3) is 4.60. The molecule has 0 aliphatic rings. The Bertz CT molecular complexity index is 586. The SMILES string of the molecule is COC(=O)N(CCc1cccc(F)c1)Cc1ccccc1. The van der Waals surface area contributed by atoms with Gasteiger partial charge in [-0.25, -0.2) is 9.18 Å². The van der Waals surface area contributed by atoms with Gasteiger partial charge in [0.15, 0.2) is 0 Å².